The van der Waals surface area contributed by atoms with Crippen LogP contribution < -0.4 is 16.4 Å². The number of amides is 1. The normalized spacial score (nSPS) is 14.0. The highest BCUT2D eigenvalue weighted by molar-refractivity contribution is 5.85. The molecule has 0 aromatic rings. The van der Waals surface area contributed by atoms with Gasteiger partial charge in [0, 0.05) is 6.54 Å². The Balaban J connectivity index is 3.71. The van der Waals surface area contributed by atoms with Crippen LogP contribution in [0.1, 0.15) is 20.8 Å². The molecule has 0 rings (SSSR count). The number of amidine groups is 1. The molecule has 1 unspecified atom stereocenters. The molecule has 0 saturated heterocycles. The summed E-state index contributed by atoms with van der Waals surface area (Å²) in [5.41, 5.74) is 5.33. The number of nitrogens with one attached hydrogen (secondary N) is 2. The van der Waals surface area contributed by atoms with Crippen LogP contribution >= 0.6 is 0 Å². The van der Waals surface area contributed by atoms with Gasteiger partial charge >= 0.3 is 0 Å². The van der Waals surface area contributed by atoms with Gasteiger partial charge in [0.15, 0.2) is 5.84 Å². The van der Waals surface area contributed by atoms with Crippen molar-refractivity contribution in [2.75, 3.05) is 13.1 Å². The van der Waals surface area contributed by atoms with Crippen LogP contribution in [0.15, 0.2) is 5.16 Å². The molecule has 0 saturated carbocycles. The molecule has 5 N–H and O–H groups in total. The molecule has 0 fully saturated rings. The summed E-state index contributed by atoms with van der Waals surface area (Å²) in [5.74, 6) is 0.392. The zero-order chi connectivity index (χ0) is 11.8. The minimum atomic E-state index is -0.320. The van der Waals surface area contributed by atoms with Crippen LogP contribution in [0.2, 0.25) is 0 Å². The Bertz CT molecular complexity index is 228. The van der Waals surface area contributed by atoms with Crippen LogP contribution in [0.3, 0.4) is 0 Å². The first-order chi connectivity index (χ1) is 6.97. The highest BCUT2D eigenvalue weighted by atomic mass is 16.4. The number of hydrogen-bond donors (Lipinski definition) is 4. The molecule has 0 aliphatic rings. The lowest BCUT2D eigenvalue weighted by Gasteiger charge is -2.12. The zero-order valence-corrected chi connectivity index (χ0v) is 9.45. The Kier molecular flexibility index (Phi) is 6.44. The molecule has 0 bridgehead atoms. The topological polar surface area (TPSA) is 99.7 Å². The highest BCUT2D eigenvalue weighted by Gasteiger charge is 2.08. The van der Waals surface area contributed by atoms with E-state index in [1.54, 1.807) is 6.92 Å². The first-order valence-corrected chi connectivity index (χ1v) is 4.94. The van der Waals surface area contributed by atoms with Gasteiger partial charge in [-0.1, -0.05) is 19.0 Å². The maximum Gasteiger partial charge on any atom is 0.233 e. The zero-order valence-electron chi connectivity index (χ0n) is 9.45. The van der Waals surface area contributed by atoms with Crippen LogP contribution in [-0.2, 0) is 4.79 Å². The monoisotopic (exact) mass is 216 g/mol. The molecule has 6 nitrogen and oxygen atoms in total. The maximum absolute atomic E-state index is 11.2. The van der Waals surface area contributed by atoms with Crippen LogP contribution in [0.5, 0.6) is 0 Å². The molecule has 0 aromatic carbocycles. The second-order valence-electron chi connectivity index (χ2n) is 3.83. The van der Waals surface area contributed by atoms with Crippen LogP contribution in [0.4, 0.5) is 0 Å². The summed E-state index contributed by atoms with van der Waals surface area (Å²) >= 11 is 0. The highest BCUT2D eigenvalue weighted by Crippen LogP contribution is 1.86. The van der Waals surface area contributed by atoms with Gasteiger partial charge in [0.1, 0.15) is 0 Å². The lowest BCUT2D eigenvalue weighted by molar-refractivity contribution is -0.120. The fourth-order valence-electron chi connectivity index (χ4n) is 0.817. The molecule has 1 amide bonds. The van der Waals surface area contributed by atoms with E-state index >= 15 is 0 Å². The van der Waals surface area contributed by atoms with Gasteiger partial charge in [-0.05, 0) is 12.8 Å². The van der Waals surface area contributed by atoms with Crippen molar-refractivity contribution in [1.29, 1.82) is 0 Å². The van der Waals surface area contributed by atoms with Gasteiger partial charge in [0.2, 0.25) is 5.91 Å². The van der Waals surface area contributed by atoms with E-state index in [1.807, 2.05) is 13.8 Å². The molecule has 0 heterocycles. The third-order valence-electron chi connectivity index (χ3n) is 1.84. The predicted molar refractivity (Wildman–Crippen MR) is 58.7 cm³/mol. The fourth-order valence-corrected chi connectivity index (χ4v) is 0.817. The largest absolute Gasteiger partial charge is 0.409 e. The van der Waals surface area contributed by atoms with E-state index in [9.17, 15) is 4.79 Å². The van der Waals surface area contributed by atoms with Gasteiger partial charge in [-0.2, -0.15) is 0 Å². The quantitative estimate of drug-likeness (QED) is 0.208. The third kappa shape index (κ3) is 6.73. The third-order valence-corrected chi connectivity index (χ3v) is 1.84. The van der Waals surface area contributed by atoms with Gasteiger partial charge in [-0.3, -0.25) is 10.1 Å². The van der Waals surface area contributed by atoms with Crippen LogP contribution in [-0.4, -0.2) is 36.1 Å². The minimum Gasteiger partial charge on any atom is -0.409 e. The molecular weight excluding hydrogens is 196 g/mol. The van der Waals surface area contributed by atoms with Crippen molar-refractivity contribution in [3.8, 4) is 0 Å². The summed E-state index contributed by atoms with van der Waals surface area (Å²) in [4.78, 5) is 11.2. The van der Waals surface area contributed by atoms with Crippen molar-refractivity contribution in [2.24, 2.45) is 16.8 Å². The summed E-state index contributed by atoms with van der Waals surface area (Å²) < 4.78 is 0. The molecule has 0 aliphatic heterocycles. The number of carbonyl (C=O) groups excluding carboxylic acids is 1. The van der Waals surface area contributed by atoms with Crippen molar-refractivity contribution >= 4 is 11.7 Å². The van der Waals surface area contributed by atoms with E-state index in [-0.39, 0.29) is 24.3 Å². The Morgan fingerprint density at radius 2 is 2.07 bits per heavy atom. The standard InChI is InChI=1S/C9H20N4O2/c1-6(2)4-12-8(14)5-11-7(3)9(10)13-15/h6-7,11,15H,4-5H2,1-3H3,(H2,10,13)(H,12,14). The van der Waals surface area contributed by atoms with Crippen molar-refractivity contribution < 1.29 is 10.0 Å². The van der Waals surface area contributed by atoms with Crippen molar-refractivity contribution in [3.63, 3.8) is 0 Å². The number of nitrogens with zero attached hydrogens (tertiary/aromatic N) is 1. The molecule has 6 heteroatoms. The summed E-state index contributed by atoms with van der Waals surface area (Å²) in [6, 6.07) is -0.320. The Hall–Kier alpha value is -1.30. The summed E-state index contributed by atoms with van der Waals surface area (Å²) in [5, 5.41) is 16.8. The Morgan fingerprint density at radius 1 is 1.47 bits per heavy atom. The smallest absolute Gasteiger partial charge is 0.233 e. The van der Waals surface area contributed by atoms with E-state index < -0.39 is 0 Å². The van der Waals surface area contributed by atoms with Gasteiger partial charge in [-0.25, -0.2) is 0 Å². The van der Waals surface area contributed by atoms with Crippen LogP contribution in [0.25, 0.3) is 0 Å². The van der Waals surface area contributed by atoms with Crippen molar-refractivity contribution in [3.05, 3.63) is 0 Å². The SMILES string of the molecule is CC(C)CNC(=O)CNC(C)C(N)=NO. The molecule has 1 atom stereocenters. The number of hydrogen-bond acceptors (Lipinski definition) is 4. The van der Waals surface area contributed by atoms with Gasteiger partial charge in [0.25, 0.3) is 0 Å². The average Bonchev–Trinajstić information content (AvgIpc) is 2.21. The molecular formula is C9H20N4O2. The van der Waals surface area contributed by atoms with E-state index in [1.165, 1.54) is 0 Å². The molecule has 0 radical (unpaired) electrons. The number of oxime groups is 1. The van der Waals surface area contributed by atoms with Crippen molar-refractivity contribution in [2.45, 2.75) is 26.8 Å². The Morgan fingerprint density at radius 3 is 2.53 bits per heavy atom. The number of carbonyl (C=O) groups is 1. The predicted octanol–water partition coefficient (Wildman–Crippen LogP) is -0.517. The summed E-state index contributed by atoms with van der Waals surface area (Å²) in [7, 11) is 0. The van der Waals surface area contributed by atoms with Crippen LogP contribution in [0, 0.1) is 5.92 Å². The van der Waals surface area contributed by atoms with Gasteiger partial charge in [0.05, 0.1) is 12.6 Å². The first-order valence-electron chi connectivity index (χ1n) is 4.94. The molecule has 0 aliphatic carbocycles. The number of rotatable bonds is 6. The molecule has 15 heavy (non-hydrogen) atoms. The lowest BCUT2D eigenvalue weighted by Crippen LogP contribution is -2.44. The van der Waals surface area contributed by atoms with Gasteiger partial charge < -0.3 is 16.3 Å². The summed E-state index contributed by atoms with van der Waals surface area (Å²) in [6.45, 7) is 6.56. The first kappa shape index (κ1) is 13.7. The summed E-state index contributed by atoms with van der Waals surface area (Å²) in [6.07, 6.45) is 0. The average molecular weight is 216 g/mol. The molecule has 0 aromatic heterocycles. The maximum atomic E-state index is 11.2. The fraction of sp³-hybridized carbons (Fsp3) is 0.778. The van der Waals surface area contributed by atoms with Crippen molar-refractivity contribution in [1.82, 2.24) is 10.6 Å². The van der Waals surface area contributed by atoms with Gasteiger partial charge in [-0.15, -0.1) is 0 Å². The van der Waals surface area contributed by atoms with E-state index in [2.05, 4.69) is 15.8 Å². The van der Waals surface area contributed by atoms with E-state index in [0.29, 0.717) is 12.5 Å². The lowest BCUT2D eigenvalue weighted by atomic mass is 10.2. The second-order valence-corrected chi connectivity index (χ2v) is 3.83. The minimum absolute atomic E-state index is 0.0617. The van der Waals surface area contributed by atoms with E-state index in [4.69, 9.17) is 10.9 Å². The second kappa shape index (κ2) is 7.05. The Labute approximate surface area is 89.9 Å². The molecule has 0 spiro atoms. The molecule has 88 valence electrons. The number of nitrogens with two attached hydrogens (primary N) is 1. The van der Waals surface area contributed by atoms with E-state index in [0.717, 1.165) is 0 Å².